The van der Waals surface area contributed by atoms with E-state index in [0.717, 1.165) is 0 Å². The Labute approximate surface area is 63.6 Å². The van der Waals surface area contributed by atoms with Gasteiger partial charge in [0.2, 0.25) is 0 Å². The van der Waals surface area contributed by atoms with Crippen molar-refractivity contribution in [2.75, 3.05) is 19.0 Å². The van der Waals surface area contributed by atoms with E-state index in [2.05, 4.69) is 10.2 Å². The SMILES string of the molecule is CN(C)c1cn[nH]c1C(=O)O. The molecule has 5 heteroatoms. The fraction of sp³-hybridized carbons (Fsp3) is 0.333. The smallest absolute Gasteiger partial charge is 0.356 e. The van der Waals surface area contributed by atoms with Crippen LogP contribution in [0, 0.1) is 0 Å². The summed E-state index contributed by atoms with van der Waals surface area (Å²) in [6, 6.07) is 0. The molecule has 2 N–H and O–H groups in total. The zero-order valence-electron chi connectivity index (χ0n) is 6.33. The molecule has 0 saturated carbocycles. The highest BCUT2D eigenvalue weighted by molar-refractivity contribution is 5.91. The summed E-state index contributed by atoms with van der Waals surface area (Å²) in [5.41, 5.74) is 0.701. The van der Waals surface area contributed by atoms with E-state index in [1.54, 1.807) is 19.0 Å². The van der Waals surface area contributed by atoms with Gasteiger partial charge in [0.15, 0.2) is 5.69 Å². The minimum atomic E-state index is -0.994. The zero-order chi connectivity index (χ0) is 8.43. The summed E-state index contributed by atoms with van der Waals surface area (Å²) < 4.78 is 0. The number of hydrogen-bond acceptors (Lipinski definition) is 3. The second-order valence-corrected chi connectivity index (χ2v) is 2.33. The Morgan fingerprint density at radius 3 is 2.73 bits per heavy atom. The Balaban J connectivity index is 3.06. The molecular weight excluding hydrogens is 146 g/mol. The summed E-state index contributed by atoms with van der Waals surface area (Å²) in [5.74, 6) is -0.994. The maximum atomic E-state index is 10.5. The Morgan fingerprint density at radius 2 is 2.36 bits per heavy atom. The molecule has 0 radical (unpaired) electrons. The zero-order valence-corrected chi connectivity index (χ0v) is 6.33. The number of anilines is 1. The van der Waals surface area contributed by atoms with Gasteiger partial charge in [0.05, 0.1) is 11.9 Å². The normalized spacial score (nSPS) is 9.64. The number of aromatic nitrogens is 2. The molecule has 5 nitrogen and oxygen atoms in total. The molecule has 0 atom stereocenters. The average Bonchev–Trinajstić information content (AvgIpc) is 2.32. The maximum Gasteiger partial charge on any atom is 0.356 e. The lowest BCUT2D eigenvalue weighted by atomic mass is 10.3. The van der Waals surface area contributed by atoms with Crippen molar-refractivity contribution in [1.82, 2.24) is 10.2 Å². The monoisotopic (exact) mass is 155 g/mol. The third kappa shape index (κ3) is 1.31. The third-order valence-electron chi connectivity index (χ3n) is 1.31. The van der Waals surface area contributed by atoms with Crippen LogP contribution in [0.15, 0.2) is 6.20 Å². The van der Waals surface area contributed by atoms with Gasteiger partial charge in [0.25, 0.3) is 0 Å². The van der Waals surface area contributed by atoms with E-state index >= 15 is 0 Å². The van der Waals surface area contributed by atoms with Crippen LogP contribution in [0.3, 0.4) is 0 Å². The topological polar surface area (TPSA) is 69.2 Å². The molecule has 0 aliphatic carbocycles. The third-order valence-corrected chi connectivity index (χ3v) is 1.31. The minimum absolute atomic E-state index is 0.120. The molecule has 0 bridgehead atoms. The van der Waals surface area contributed by atoms with Gasteiger partial charge in [0, 0.05) is 14.1 Å². The predicted molar refractivity (Wildman–Crippen MR) is 39.9 cm³/mol. The first kappa shape index (κ1) is 7.59. The van der Waals surface area contributed by atoms with Gasteiger partial charge in [-0.2, -0.15) is 5.10 Å². The minimum Gasteiger partial charge on any atom is -0.476 e. The first-order valence-electron chi connectivity index (χ1n) is 3.07. The van der Waals surface area contributed by atoms with Gasteiger partial charge in [-0.25, -0.2) is 4.79 Å². The van der Waals surface area contributed by atoms with Crippen molar-refractivity contribution >= 4 is 11.7 Å². The van der Waals surface area contributed by atoms with Crippen molar-refractivity contribution in [3.63, 3.8) is 0 Å². The quantitative estimate of drug-likeness (QED) is 0.639. The second-order valence-electron chi connectivity index (χ2n) is 2.33. The molecule has 0 unspecified atom stereocenters. The summed E-state index contributed by atoms with van der Waals surface area (Å²) in [5, 5.41) is 14.6. The van der Waals surface area contributed by atoms with E-state index in [9.17, 15) is 4.79 Å². The predicted octanol–water partition coefficient (Wildman–Crippen LogP) is 0.174. The highest BCUT2D eigenvalue weighted by Crippen LogP contribution is 2.13. The Morgan fingerprint density at radius 1 is 1.73 bits per heavy atom. The number of aromatic amines is 1. The highest BCUT2D eigenvalue weighted by atomic mass is 16.4. The van der Waals surface area contributed by atoms with Crippen molar-refractivity contribution in [3.8, 4) is 0 Å². The van der Waals surface area contributed by atoms with Crippen molar-refractivity contribution in [2.45, 2.75) is 0 Å². The van der Waals surface area contributed by atoms with Gasteiger partial charge >= 0.3 is 5.97 Å². The average molecular weight is 155 g/mol. The number of carboxylic acids is 1. The van der Waals surface area contributed by atoms with Crippen molar-refractivity contribution < 1.29 is 9.90 Å². The number of nitrogens with zero attached hydrogens (tertiary/aromatic N) is 2. The summed E-state index contributed by atoms with van der Waals surface area (Å²) >= 11 is 0. The number of H-pyrrole nitrogens is 1. The lowest BCUT2D eigenvalue weighted by Crippen LogP contribution is -2.12. The van der Waals surface area contributed by atoms with Crippen molar-refractivity contribution in [1.29, 1.82) is 0 Å². The summed E-state index contributed by atoms with van der Waals surface area (Å²) in [4.78, 5) is 12.2. The molecular formula is C6H9N3O2. The molecule has 0 amide bonds. The van der Waals surface area contributed by atoms with Gasteiger partial charge < -0.3 is 10.0 Å². The van der Waals surface area contributed by atoms with Crippen LogP contribution in [0.5, 0.6) is 0 Å². The number of hydrogen-bond donors (Lipinski definition) is 2. The Bertz CT molecular complexity index is 267. The number of carbonyl (C=O) groups is 1. The summed E-state index contributed by atoms with van der Waals surface area (Å²) in [6.45, 7) is 0. The standard InChI is InChI=1S/C6H9N3O2/c1-9(2)4-3-7-8-5(4)6(10)11/h3H,1-2H3,(H,7,8)(H,10,11). The van der Waals surface area contributed by atoms with Crippen LogP contribution in [-0.2, 0) is 0 Å². The molecule has 0 aromatic carbocycles. The van der Waals surface area contributed by atoms with E-state index in [1.807, 2.05) is 0 Å². The van der Waals surface area contributed by atoms with Crippen LogP contribution in [0.4, 0.5) is 5.69 Å². The molecule has 0 spiro atoms. The molecule has 0 aliphatic rings. The molecule has 11 heavy (non-hydrogen) atoms. The lowest BCUT2D eigenvalue weighted by Gasteiger charge is -2.08. The van der Waals surface area contributed by atoms with Crippen molar-refractivity contribution in [3.05, 3.63) is 11.9 Å². The van der Waals surface area contributed by atoms with Gasteiger partial charge in [-0.05, 0) is 0 Å². The van der Waals surface area contributed by atoms with Gasteiger partial charge in [-0.1, -0.05) is 0 Å². The largest absolute Gasteiger partial charge is 0.476 e. The van der Waals surface area contributed by atoms with E-state index in [4.69, 9.17) is 5.11 Å². The van der Waals surface area contributed by atoms with Crippen LogP contribution in [0.25, 0.3) is 0 Å². The molecule has 1 heterocycles. The van der Waals surface area contributed by atoms with E-state index < -0.39 is 5.97 Å². The van der Waals surface area contributed by atoms with Crippen LogP contribution >= 0.6 is 0 Å². The fourth-order valence-corrected chi connectivity index (χ4v) is 0.776. The molecule has 0 saturated heterocycles. The first-order valence-corrected chi connectivity index (χ1v) is 3.07. The molecule has 1 aromatic rings. The number of aromatic carboxylic acids is 1. The van der Waals surface area contributed by atoms with Crippen molar-refractivity contribution in [2.24, 2.45) is 0 Å². The Hall–Kier alpha value is -1.52. The summed E-state index contributed by atoms with van der Waals surface area (Å²) in [7, 11) is 3.52. The molecule has 1 rings (SSSR count). The van der Waals surface area contributed by atoms with Gasteiger partial charge in [-0.3, -0.25) is 5.10 Å². The molecule has 0 fully saturated rings. The Kier molecular flexibility index (Phi) is 1.80. The fourth-order valence-electron chi connectivity index (χ4n) is 0.776. The molecule has 1 aromatic heterocycles. The van der Waals surface area contributed by atoms with Crippen LogP contribution in [0.2, 0.25) is 0 Å². The van der Waals surface area contributed by atoms with Crippen LogP contribution < -0.4 is 4.90 Å². The number of carboxylic acid groups (broad SMARTS) is 1. The van der Waals surface area contributed by atoms with Crippen LogP contribution in [-0.4, -0.2) is 35.4 Å². The van der Waals surface area contributed by atoms with E-state index in [0.29, 0.717) is 5.69 Å². The van der Waals surface area contributed by atoms with Gasteiger partial charge in [-0.15, -0.1) is 0 Å². The van der Waals surface area contributed by atoms with Crippen LogP contribution in [0.1, 0.15) is 10.5 Å². The first-order chi connectivity index (χ1) is 5.13. The van der Waals surface area contributed by atoms with Gasteiger partial charge in [0.1, 0.15) is 0 Å². The van der Waals surface area contributed by atoms with E-state index in [1.165, 1.54) is 6.20 Å². The number of rotatable bonds is 2. The second kappa shape index (κ2) is 2.61. The lowest BCUT2D eigenvalue weighted by molar-refractivity contribution is 0.0691. The summed E-state index contributed by atoms with van der Waals surface area (Å²) in [6.07, 6.45) is 1.48. The highest BCUT2D eigenvalue weighted by Gasteiger charge is 2.12. The number of nitrogens with one attached hydrogen (secondary N) is 1. The molecule has 0 aliphatic heterocycles. The van der Waals surface area contributed by atoms with E-state index in [-0.39, 0.29) is 5.69 Å². The maximum absolute atomic E-state index is 10.5. The molecule has 60 valence electrons.